The number of hydrogen-bond donors (Lipinski definition) is 2. The molecular weight excluding hydrogens is 523 g/mol. The number of nitrogens with zero attached hydrogens (tertiary/aromatic N) is 2. The van der Waals surface area contributed by atoms with Crippen LogP contribution in [0.25, 0.3) is 5.57 Å². The molecule has 2 aromatic heterocycles. The zero-order valence-corrected chi connectivity index (χ0v) is 23.1. The molecule has 1 saturated heterocycles. The van der Waals surface area contributed by atoms with Crippen LogP contribution in [0.3, 0.4) is 0 Å². The number of halogens is 1. The molecule has 0 amide bonds. The smallest absolute Gasteiger partial charge is 0.400 e. The SMILES string of the molecule is CC1(C)OB(C2=CCOCC2)OC1(C)C.Nc1cccc(Br)n1.Nc1cccc(C2=CCOCC2)n1. The number of nitrogen functional groups attached to an aromatic ring is 2. The molecule has 0 aromatic carbocycles. The summed E-state index contributed by atoms with van der Waals surface area (Å²) in [4.78, 5) is 8.12. The molecule has 0 saturated carbocycles. The molecule has 5 heterocycles. The van der Waals surface area contributed by atoms with Crippen LogP contribution in [-0.2, 0) is 18.8 Å². The molecule has 0 spiro atoms. The molecule has 8 nitrogen and oxygen atoms in total. The molecule has 10 heteroatoms. The van der Waals surface area contributed by atoms with Gasteiger partial charge in [-0.3, -0.25) is 0 Å². The van der Waals surface area contributed by atoms with Crippen LogP contribution in [0, 0.1) is 0 Å². The lowest BCUT2D eigenvalue weighted by molar-refractivity contribution is 0.00578. The first-order valence-corrected chi connectivity index (χ1v) is 12.9. The van der Waals surface area contributed by atoms with Gasteiger partial charge < -0.3 is 30.2 Å². The highest BCUT2D eigenvalue weighted by atomic mass is 79.9. The van der Waals surface area contributed by atoms with Crippen LogP contribution in [-0.4, -0.2) is 54.7 Å². The number of aromatic nitrogens is 2. The van der Waals surface area contributed by atoms with E-state index in [-0.39, 0.29) is 18.3 Å². The first-order valence-electron chi connectivity index (χ1n) is 12.1. The van der Waals surface area contributed by atoms with Crippen LogP contribution in [0.2, 0.25) is 0 Å². The Hall–Kier alpha value is -2.24. The molecule has 194 valence electrons. The second-order valence-electron chi connectivity index (χ2n) is 9.58. The minimum absolute atomic E-state index is 0.182. The molecular formula is C26H36BBrN4O4. The normalized spacial score (nSPS) is 20.2. The predicted molar refractivity (Wildman–Crippen MR) is 148 cm³/mol. The van der Waals surface area contributed by atoms with Crippen molar-refractivity contribution < 1.29 is 18.8 Å². The molecule has 2 aromatic rings. The molecule has 0 radical (unpaired) electrons. The molecule has 0 bridgehead atoms. The van der Waals surface area contributed by atoms with Gasteiger partial charge in [-0.2, -0.15) is 0 Å². The second kappa shape index (κ2) is 12.8. The van der Waals surface area contributed by atoms with Crippen LogP contribution in [0.15, 0.2) is 58.6 Å². The fraction of sp³-hybridized carbons (Fsp3) is 0.462. The van der Waals surface area contributed by atoms with Crippen molar-refractivity contribution in [3.63, 3.8) is 0 Å². The van der Waals surface area contributed by atoms with Crippen molar-refractivity contribution >= 4 is 40.3 Å². The molecule has 0 unspecified atom stereocenters. The van der Waals surface area contributed by atoms with Crippen LogP contribution in [0.4, 0.5) is 11.6 Å². The van der Waals surface area contributed by atoms with Crippen molar-refractivity contribution in [3.05, 3.63) is 64.3 Å². The van der Waals surface area contributed by atoms with Gasteiger partial charge in [-0.25, -0.2) is 9.97 Å². The Bertz CT molecular complexity index is 1040. The lowest BCUT2D eigenvalue weighted by Crippen LogP contribution is -2.41. The number of hydrogen-bond acceptors (Lipinski definition) is 8. The quantitative estimate of drug-likeness (QED) is 0.396. The minimum Gasteiger partial charge on any atom is -0.400 e. The predicted octanol–water partition coefficient (Wildman–Crippen LogP) is 4.86. The fourth-order valence-corrected chi connectivity index (χ4v) is 3.92. The van der Waals surface area contributed by atoms with Gasteiger partial charge in [0.15, 0.2) is 0 Å². The van der Waals surface area contributed by atoms with Gasteiger partial charge >= 0.3 is 7.12 Å². The third-order valence-corrected chi connectivity index (χ3v) is 6.80. The standard InChI is InChI=1S/C11H19BO3.C10H12N2O.C5H5BrN2/c1-10(2)11(3,4)15-12(14-10)9-5-7-13-8-6-9;11-10-3-1-2-9(12-10)8-4-6-13-7-5-8;6-4-2-1-3-5(7)8-4/h5H,6-8H2,1-4H3;1-4H,5-7H2,(H2,11,12);1-3H,(H2,7,8). The monoisotopic (exact) mass is 558 g/mol. The minimum atomic E-state index is -0.239. The summed E-state index contributed by atoms with van der Waals surface area (Å²) in [6, 6.07) is 11.1. The van der Waals surface area contributed by atoms with E-state index in [9.17, 15) is 0 Å². The lowest BCUT2D eigenvalue weighted by Gasteiger charge is -2.32. The average Bonchev–Trinajstić information content (AvgIpc) is 3.08. The van der Waals surface area contributed by atoms with Crippen LogP contribution >= 0.6 is 15.9 Å². The zero-order chi connectivity index (χ0) is 26.2. The van der Waals surface area contributed by atoms with Crippen LogP contribution in [0.5, 0.6) is 0 Å². The highest BCUT2D eigenvalue weighted by Crippen LogP contribution is 2.39. The van der Waals surface area contributed by atoms with E-state index in [0.29, 0.717) is 24.8 Å². The van der Waals surface area contributed by atoms with Gasteiger partial charge in [0.05, 0.1) is 43.3 Å². The van der Waals surface area contributed by atoms with Gasteiger partial charge in [0, 0.05) is 0 Å². The van der Waals surface area contributed by atoms with Gasteiger partial charge in [0.1, 0.15) is 16.2 Å². The first kappa shape index (κ1) is 28.3. The summed E-state index contributed by atoms with van der Waals surface area (Å²) in [6.45, 7) is 11.2. The van der Waals surface area contributed by atoms with Crippen LogP contribution < -0.4 is 11.5 Å². The molecule has 0 atom stereocenters. The molecule has 5 rings (SSSR count). The number of nitrogens with two attached hydrogens (primary N) is 2. The number of anilines is 2. The van der Waals surface area contributed by atoms with Crippen molar-refractivity contribution in [1.29, 1.82) is 0 Å². The molecule has 4 N–H and O–H groups in total. The summed E-state index contributed by atoms with van der Waals surface area (Å²) < 4.78 is 23.2. The maximum absolute atomic E-state index is 5.96. The summed E-state index contributed by atoms with van der Waals surface area (Å²) in [7, 11) is -0.182. The van der Waals surface area contributed by atoms with E-state index in [4.69, 9.17) is 30.2 Å². The Kier molecular flexibility index (Phi) is 10.1. The topological polar surface area (TPSA) is 115 Å². The summed E-state index contributed by atoms with van der Waals surface area (Å²) in [5.41, 5.74) is 13.9. The van der Waals surface area contributed by atoms with E-state index in [1.807, 2.05) is 24.3 Å². The Morgan fingerprint density at radius 2 is 1.39 bits per heavy atom. The second-order valence-corrected chi connectivity index (χ2v) is 10.4. The van der Waals surface area contributed by atoms with Crippen molar-refractivity contribution in [1.82, 2.24) is 9.97 Å². The number of pyridine rings is 2. The Morgan fingerprint density at radius 3 is 1.86 bits per heavy atom. The summed E-state index contributed by atoms with van der Waals surface area (Å²) >= 11 is 3.17. The van der Waals surface area contributed by atoms with Crippen molar-refractivity contribution in [2.45, 2.75) is 51.7 Å². The highest BCUT2D eigenvalue weighted by molar-refractivity contribution is 9.10. The number of ether oxygens (including phenoxy) is 2. The maximum atomic E-state index is 5.96. The Balaban J connectivity index is 0.000000157. The molecule has 1 fully saturated rings. The van der Waals surface area contributed by atoms with Crippen LogP contribution in [0.1, 0.15) is 46.2 Å². The van der Waals surface area contributed by atoms with E-state index >= 15 is 0 Å². The number of rotatable bonds is 2. The van der Waals surface area contributed by atoms with Gasteiger partial charge in [-0.05, 0) is 91.8 Å². The highest BCUT2D eigenvalue weighted by Gasteiger charge is 2.52. The van der Waals surface area contributed by atoms with E-state index in [1.165, 1.54) is 11.0 Å². The Morgan fingerprint density at radius 1 is 0.806 bits per heavy atom. The van der Waals surface area contributed by atoms with Crippen molar-refractivity contribution in [2.24, 2.45) is 0 Å². The lowest BCUT2D eigenvalue weighted by atomic mass is 9.75. The van der Waals surface area contributed by atoms with E-state index in [0.717, 1.165) is 36.4 Å². The zero-order valence-electron chi connectivity index (χ0n) is 21.5. The molecule has 36 heavy (non-hydrogen) atoms. The first-order chi connectivity index (χ1) is 17.1. The van der Waals surface area contributed by atoms with E-state index in [1.54, 1.807) is 12.1 Å². The van der Waals surface area contributed by atoms with Gasteiger partial charge in [-0.1, -0.05) is 24.3 Å². The molecule has 3 aliphatic rings. The summed E-state index contributed by atoms with van der Waals surface area (Å²) in [5.74, 6) is 1.12. The third-order valence-electron chi connectivity index (χ3n) is 6.35. The molecule has 3 aliphatic heterocycles. The fourth-order valence-electron chi connectivity index (χ4n) is 3.56. The van der Waals surface area contributed by atoms with Gasteiger partial charge in [0.2, 0.25) is 0 Å². The van der Waals surface area contributed by atoms with Crippen molar-refractivity contribution in [2.75, 3.05) is 37.9 Å². The summed E-state index contributed by atoms with van der Waals surface area (Å²) in [6.07, 6.45) is 5.98. The van der Waals surface area contributed by atoms with Gasteiger partial charge in [0.25, 0.3) is 0 Å². The van der Waals surface area contributed by atoms with Gasteiger partial charge in [-0.15, -0.1) is 0 Å². The van der Waals surface area contributed by atoms with Crippen molar-refractivity contribution in [3.8, 4) is 0 Å². The third kappa shape index (κ3) is 8.14. The average molecular weight is 559 g/mol. The maximum Gasteiger partial charge on any atom is 0.490 e. The Labute approximate surface area is 222 Å². The summed E-state index contributed by atoms with van der Waals surface area (Å²) in [5, 5.41) is 0. The van der Waals surface area contributed by atoms with E-state index < -0.39 is 0 Å². The largest absolute Gasteiger partial charge is 0.490 e. The van der Waals surface area contributed by atoms with E-state index in [2.05, 4.69) is 65.7 Å². The molecule has 0 aliphatic carbocycles.